The topological polar surface area (TPSA) is 142 Å². The maximum absolute atomic E-state index is 13.0. The Morgan fingerprint density at radius 1 is 1.07 bits per heavy atom. The van der Waals surface area contributed by atoms with Gasteiger partial charge >= 0.3 is 5.97 Å². The number of carbonyl (C=O) groups is 2. The fraction of sp³-hybridized carbons (Fsp3) is 0.111. The number of rotatable bonds is 7. The van der Waals surface area contributed by atoms with Crippen LogP contribution in [0.2, 0.25) is 0 Å². The number of Topliss-reactive ketones (excluding diaryl/α,β-unsaturated/α-hetero) is 1. The maximum atomic E-state index is 13.0. The average Bonchev–Trinajstić information content (AvgIpc) is 3.10. The molecule has 1 atom stereocenters. The van der Waals surface area contributed by atoms with Gasteiger partial charge in [-0.15, -0.1) is 0 Å². The highest BCUT2D eigenvalue weighted by Gasteiger charge is 2.49. The minimum atomic E-state index is -4.30. The second-order valence-electron chi connectivity index (χ2n) is 5.93. The van der Waals surface area contributed by atoms with E-state index in [1.165, 1.54) is 30.3 Å². The summed E-state index contributed by atoms with van der Waals surface area (Å²) in [7, 11) is -4.30. The van der Waals surface area contributed by atoms with E-state index in [0.29, 0.717) is 10.9 Å². The molecule has 1 heterocycles. The summed E-state index contributed by atoms with van der Waals surface area (Å²) in [5.74, 6) is -2.67. The van der Waals surface area contributed by atoms with Gasteiger partial charge in [0.1, 0.15) is 0 Å². The lowest BCUT2D eigenvalue weighted by Crippen LogP contribution is -2.64. The van der Waals surface area contributed by atoms with Crippen LogP contribution in [-0.2, 0) is 14.8 Å². The van der Waals surface area contributed by atoms with E-state index in [9.17, 15) is 23.1 Å². The summed E-state index contributed by atoms with van der Waals surface area (Å²) >= 11 is 0. The Labute approximate surface area is 155 Å². The number of hydrogen-bond donors (Lipinski definition) is 4. The van der Waals surface area contributed by atoms with Gasteiger partial charge in [-0.2, -0.15) is 4.72 Å². The Kier molecular flexibility index (Phi) is 4.83. The third-order valence-electron chi connectivity index (χ3n) is 4.20. The summed E-state index contributed by atoms with van der Waals surface area (Å²) < 4.78 is 27.2. The molecule has 0 aliphatic rings. The van der Waals surface area contributed by atoms with Crippen LogP contribution in [0, 0.1) is 0 Å². The molecule has 0 saturated carbocycles. The number of hydrogen-bond acceptors (Lipinski definition) is 5. The smallest absolute Gasteiger partial charge is 0.334 e. The van der Waals surface area contributed by atoms with Crippen molar-refractivity contribution >= 4 is 32.7 Å². The maximum Gasteiger partial charge on any atom is 0.334 e. The van der Waals surface area contributed by atoms with Crippen molar-refractivity contribution in [2.24, 2.45) is 5.73 Å². The van der Waals surface area contributed by atoms with Crippen LogP contribution < -0.4 is 10.5 Å². The monoisotopic (exact) mass is 387 g/mol. The molecule has 0 fully saturated rings. The van der Waals surface area contributed by atoms with Gasteiger partial charge in [0, 0.05) is 17.4 Å². The fourth-order valence-corrected chi connectivity index (χ4v) is 4.08. The number of carboxylic acid groups (broad SMARTS) is 1. The average molecular weight is 387 g/mol. The van der Waals surface area contributed by atoms with Crippen LogP contribution >= 0.6 is 0 Å². The third kappa shape index (κ3) is 3.35. The Bertz CT molecular complexity index is 1080. The van der Waals surface area contributed by atoms with Gasteiger partial charge in [-0.05, 0) is 24.3 Å². The summed E-state index contributed by atoms with van der Waals surface area (Å²) in [6.45, 7) is -0.761. The van der Waals surface area contributed by atoms with Crippen molar-refractivity contribution in [2.45, 2.75) is 10.4 Å². The highest BCUT2D eigenvalue weighted by atomic mass is 32.2. The number of fused-ring (bicyclic) bond motifs is 1. The Morgan fingerprint density at radius 2 is 1.70 bits per heavy atom. The highest BCUT2D eigenvalue weighted by molar-refractivity contribution is 7.89. The number of aliphatic carboxylic acids is 1. The number of aromatic nitrogens is 1. The normalized spacial score (nSPS) is 14.0. The molecule has 0 amide bonds. The first-order chi connectivity index (χ1) is 12.8. The first-order valence-electron chi connectivity index (χ1n) is 7.95. The lowest BCUT2D eigenvalue weighted by molar-refractivity contribution is -0.141. The molecule has 0 radical (unpaired) electrons. The first-order valence-corrected chi connectivity index (χ1v) is 9.43. The van der Waals surface area contributed by atoms with Gasteiger partial charge in [0.25, 0.3) is 0 Å². The molecule has 5 N–H and O–H groups in total. The SMILES string of the molecule is NCC(NS(=O)(=O)c1ccccc1)(C(=O)O)C(=O)c1cc2ccccc2[nH]1. The summed E-state index contributed by atoms with van der Waals surface area (Å²) in [4.78, 5) is 27.6. The van der Waals surface area contributed by atoms with Crippen LogP contribution in [0.4, 0.5) is 0 Å². The second-order valence-corrected chi connectivity index (χ2v) is 7.61. The lowest BCUT2D eigenvalue weighted by Gasteiger charge is -2.26. The molecule has 8 nitrogen and oxygen atoms in total. The number of ketones is 1. The van der Waals surface area contributed by atoms with Crippen molar-refractivity contribution in [3.63, 3.8) is 0 Å². The van der Waals surface area contributed by atoms with Gasteiger partial charge in [0.15, 0.2) is 0 Å². The molecular formula is C18H17N3O5S. The van der Waals surface area contributed by atoms with E-state index in [1.807, 2.05) is 4.72 Å². The molecule has 0 bridgehead atoms. The van der Waals surface area contributed by atoms with E-state index < -0.39 is 33.9 Å². The molecule has 1 unspecified atom stereocenters. The molecule has 27 heavy (non-hydrogen) atoms. The van der Waals surface area contributed by atoms with Gasteiger partial charge < -0.3 is 15.8 Å². The number of sulfonamides is 1. The fourth-order valence-electron chi connectivity index (χ4n) is 2.72. The van der Waals surface area contributed by atoms with E-state index in [4.69, 9.17) is 5.73 Å². The van der Waals surface area contributed by atoms with Gasteiger partial charge in [-0.1, -0.05) is 36.4 Å². The molecule has 3 aromatic rings. The Balaban J connectivity index is 2.07. The van der Waals surface area contributed by atoms with Crippen LogP contribution in [0.5, 0.6) is 0 Å². The molecule has 1 aromatic heterocycles. The molecule has 0 saturated heterocycles. The number of para-hydroxylation sites is 1. The van der Waals surface area contributed by atoms with Crippen LogP contribution in [0.3, 0.4) is 0 Å². The van der Waals surface area contributed by atoms with Crippen molar-refractivity contribution in [1.29, 1.82) is 0 Å². The van der Waals surface area contributed by atoms with Crippen molar-refractivity contribution in [2.75, 3.05) is 6.54 Å². The van der Waals surface area contributed by atoms with Crippen LogP contribution in [0.1, 0.15) is 10.5 Å². The van der Waals surface area contributed by atoms with E-state index in [0.717, 1.165) is 0 Å². The van der Waals surface area contributed by atoms with E-state index >= 15 is 0 Å². The van der Waals surface area contributed by atoms with Crippen LogP contribution in [0.25, 0.3) is 10.9 Å². The zero-order chi connectivity index (χ0) is 19.7. The number of carboxylic acids is 1. The van der Waals surface area contributed by atoms with Crippen molar-refractivity contribution < 1.29 is 23.1 Å². The quantitative estimate of drug-likeness (QED) is 0.353. The van der Waals surface area contributed by atoms with Crippen LogP contribution in [0.15, 0.2) is 65.6 Å². The number of nitrogens with two attached hydrogens (primary N) is 1. The standard InChI is InChI=1S/C18H17N3O5S/c19-11-18(17(23)24,21-27(25,26)13-7-2-1-3-8-13)16(22)15-10-12-6-4-5-9-14(12)20-15/h1-10,20-21H,11,19H2,(H,23,24). The number of aromatic amines is 1. The predicted octanol–water partition coefficient (Wildman–Crippen LogP) is 1.11. The lowest BCUT2D eigenvalue weighted by atomic mass is 9.93. The first kappa shape index (κ1) is 18.8. The van der Waals surface area contributed by atoms with Crippen molar-refractivity contribution in [3.05, 3.63) is 66.4 Å². The third-order valence-corrected chi connectivity index (χ3v) is 5.71. The van der Waals surface area contributed by atoms with E-state index in [1.54, 1.807) is 30.3 Å². The van der Waals surface area contributed by atoms with Crippen LogP contribution in [-0.4, -0.2) is 42.3 Å². The molecule has 0 aliphatic heterocycles. The van der Waals surface area contributed by atoms with Gasteiger partial charge in [-0.25, -0.2) is 13.2 Å². The van der Waals surface area contributed by atoms with Gasteiger partial charge in [0.2, 0.25) is 21.3 Å². The number of carbonyl (C=O) groups excluding carboxylic acids is 1. The number of H-pyrrole nitrogens is 1. The van der Waals surface area contributed by atoms with Crippen molar-refractivity contribution in [3.8, 4) is 0 Å². The Hall–Kier alpha value is -3.01. The summed E-state index contributed by atoms with van der Waals surface area (Å²) in [5.41, 5.74) is 3.60. The number of benzene rings is 2. The second kappa shape index (κ2) is 6.95. The number of nitrogens with one attached hydrogen (secondary N) is 2. The summed E-state index contributed by atoms with van der Waals surface area (Å²) in [6.07, 6.45) is 0. The molecular weight excluding hydrogens is 370 g/mol. The van der Waals surface area contributed by atoms with E-state index in [-0.39, 0.29) is 10.6 Å². The molecule has 2 aromatic carbocycles. The largest absolute Gasteiger partial charge is 0.479 e. The molecule has 9 heteroatoms. The van der Waals surface area contributed by atoms with Gasteiger partial charge in [-0.3, -0.25) is 4.79 Å². The minimum absolute atomic E-state index is 0.0557. The van der Waals surface area contributed by atoms with Gasteiger partial charge in [0.05, 0.1) is 10.6 Å². The molecule has 0 spiro atoms. The predicted molar refractivity (Wildman–Crippen MR) is 98.8 cm³/mol. The zero-order valence-corrected chi connectivity index (χ0v) is 14.9. The molecule has 3 rings (SSSR count). The summed E-state index contributed by atoms with van der Waals surface area (Å²) in [6, 6.07) is 15.6. The van der Waals surface area contributed by atoms with Crippen molar-refractivity contribution in [1.82, 2.24) is 9.71 Å². The molecule has 0 aliphatic carbocycles. The highest BCUT2D eigenvalue weighted by Crippen LogP contribution is 2.21. The Morgan fingerprint density at radius 3 is 2.30 bits per heavy atom. The molecule has 140 valence electrons. The zero-order valence-electron chi connectivity index (χ0n) is 14.0. The minimum Gasteiger partial charge on any atom is -0.479 e. The summed E-state index contributed by atoms with van der Waals surface area (Å²) in [5, 5.41) is 10.4. The van der Waals surface area contributed by atoms with E-state index in [2.05, 4.69) is 4.98 Å².